The molecule has 0 spiro atoms. The van der Waals surface area contributed by atoms with E-state index in [4.69, 9.17) is 23.7 Å². The van der Waals surface area contributed by atoms with Crippen LogP contribution in [0, 0.1) is 0 Å². The van der Waals surface area contributed by atoms with E-state index in [9.17, 15) is 5.11 Å². The zero-order valence-electron chi connectivity index (χ0n) is 15.6. The summed E-state index contributed by atoms with van der Waals surface area (Å²) in [6.07, 6.45) is 3.76. The van der Waals surface area contributed by atoms with E-state index in [2.05, 4.69) is 0 Å². The molecule has 142 valence electrons. The Kier molecular flexibility index (Phi) is 3.52. The highest BCUT2D eigenvalue weighted by Crippen LogP contribution is 2.53. The van der Waals surface area contributed by atoms with Gasteiger partial charge in [-0.3, -0.25) is 0 Å². The highest BCUT2D eigenvalue weighted by molar-refractivity contribution is 6.07. The van der Waals surface area contributed by atoms with Crippen LogP contribution in [0.25, 0.3) is 27.1 Å². The Morgan fingerprint density at radius 3 is 2.39 bits per heavy atom. The van der Waals surface area contributed by atoms with Crippen LogP contribution in [0.1, 0.15) is 0 Å². The van der Waals surface area contributed by atoms with Crippen LogP contribution in [0.2, 0.25) is 0 Å². The van der Waals surface area contributed by atoms with Gasteiger partial charge in [-0.15, -0.1) is 0 Å². The predicted molar refractivity (Wildman–Crippen MR) is 102 cm³/mol. The van der Waals surface area contributed by atoms with E-state index >= 15 is 0 Å². The summed E-state index contributed by atoms with van der Waals surface area (Å²) >= 11 is 0. The third-order valence-electron chi connectivity index (χ3n) is 5.10. The highest BCUT2D eigenvalue weighted by Gasteiger charge is 2.31. The number of phenols is 1. The number of phenolic OH excluding ortho intramolecular Hbond substituents is 1. The van der Waals surface area contributed by atoms with Gasteiger partial charge in [0.05, 0.1) is 26.7 Å². The summed E-state index contributed by atoms with van der Waals surface area (Å²) in [4.78, 5) is 0. The molecular weight excluding hydrogens is 362 g/mol. The van der Waals surface area contributed by atoms with Gasteiger partial charge in [0.2, 0.25) is 23.8 Å². The molecule has 2 aromatic heterocycles. The smallest absolute Gasteiger partial charge is 0.231 e. The summed E-state index contributed by atoms with van der Waals surface area (Å²) in [7, 11) is 4.73. The Labute approximate surface area is 160 Å². The highest BCUT2D eigenvalue weighted by atomic mass is 16.7. The first-order valence-corrected chi connectivity index (χ1v) is 8.69. The van der Waals surface area contributed by atoms with Crippen LogP contribution in [-0.2, 0) is 0 Å². The van der Waals surface area contributed by atoms with E-state index in [0.29, 0.717) is 34.1 Å². The fourth-order valence-electron chi connectivity index (χ4n) is 3.84. The van der Waals surface area contributed by atoms with Gasteiger partial charge in [0.1, 0.15) is 5.39 Å². The van der Waals surface area contributed by atoms with Crippen molar-refractivity contribution >= 4 is 27.1 Å². The Hall–Kier alpha value is -3.61. The Bertz CT molecular complexity index is 1270. The number of pyridine rings is 2. The largest absolute Gasteiger partial charge is 0.504 e. The second-order valence-corrected chi connectivity index (χ2v) is 6.42. The predicted octanol–water partition coefficient (Wildman–Crippen LogP) is 3.19. The van der Waals surface area contributed by atoms with Crippen molar-refractivity contribution in [2.45, 2.75) is 0 Å². The minimum atomic E-state index is 0.102. The normalized spacial score (nSPS) is 12.7. The molecule has 0 saturated carbocycles. The fourth-order valence-corrected chi connectivity index (χ4v) is 3.84. The average Bonchev–Trinajstić information content (AvgIpc) is 3.20. The molecule has 0 atom stereocenters. The first kappa shape index (κ1) is 16.6. The number of ether oxygens (including phenoxy) is 5. The van der Waals surface area contributed by atoms with Gasteiger partial charge in [-0.25, -0.2) is 0 Å². The minimum Gasteiger partial charge on any atom is -0.504 e. The van der Waals surface area contributed by atoms with Crippen molar-refractivity contribution in [3.8, 4) is 34.5 Å². The first-order valence-electron chi connectivity index (χ1n) is 8.69. The molecule has 2 aromatic carbocycles. The lowest BCUT2D eigenvalue weighted by molar-refractivity contribution is -0.509. The second-order valence-electron chi connectivity index (χ2n) is 6.42. The van der Waals surface area contributed by atoms with Crippen LogP contribution < -0.4 is 28.1 Å². The van der Waals surface area contributed by atoms with E-state index in [-0.39, 0.29) is 12.5 Å². The molecule has 0 bridgehead atoms. The number of aromatic nitrogens is 1. The molecule has 4 aromatic rings. The maximum Gasteiger partial charge on any atom is 0.231 e. The summed E-state index contributed by atoms with van der Waals surface area (Å²) < 4.78 is 29.8. The molecule has 3 heterocycles. The van der Waals surface area contributed by atoms with Gasteiger partial charge in [-0.05, 0) is 17.5 Å². The number of hydrogen-bond acceptors (Lipinski definition) is 6. The maximum absolute atomic E-state index is 10.5. The van der Waals surface area contributed by atoms with Gasteiger partial charge in [-0.2, -0.15) is 4.40 Å². The molecule has 0 fully saturated rings. The quantitative estimate of drug-likeness (QED) is 0.334. The van der Waals surface area contributed by atoms with Crippen molar-refractivity contribution in [2.75, 3.05) is 28.1 Å². The van der Waals surface area contributed by atoms with Crippen LogP contribution >= 0.6 is 0 Å². The van der Waals surface area contributed by atoms with Gasteiger partial charge >= 0.3 is 0 Å². The standard InChI is InChI=1S/C21H17NO6/c1-24-15-5-4-11-8-14-16-12(6-7-22(14)9-13(11)17(15)23)18(25-2)20-21(19(16)26-3)28-10-27-20/h4-9H,10H2,1-3H3/p+1. The topological polar surface area (TPSA) is 70.5 Å². The summed E-state index contributed by atoms with van der Waals surface area (Å²) in [5, 5.41) is 13.7. The lowest BCUT2D eigenvalue weighted by Gasteiger charge is -2.13. The summed E-state index contributed by atoms with van der Waals surface area (Å²) in [6, 6.07) is 7.56. The number of benzene rings is 2. The SMILES string of the molecule is COc1ccc2cc3c4c(OC)c5c(c(OC)c4cc[n+]3cc2c1O)OCO5. The third-order valence-corrected chi connectivity index (χ3v) is 5.10. The zero-order valence-corrected chi connectivity index (χ0v) is 15.6. The molecule has 1 aliphatic heterocycles. The molecule has 0 radical (unpaired) electrons. The van der Waals surface area contributed by atoms with Crippen molar-refractivity contribution < 1.29 is 33.2 Å². The van der Waals surface area contributed by atoms with Crippen molar-refractivity contribution in [1.29, 1.82) is 0 Å². The summed E-state index contributed by atoms with van der Waals surface area (Å²) in [5.41, 5.74) is 0.878. The van der Waals surface area contributed by atoms with Gasteiger partial charge in [0.15, 0.2) is 35.4 Å². The molecule has 7 heteroatoms. The number of rotatable bonds is 3. The molecule has 0 unspecified atom stereocenters. The Balaban J connectivity index is 1.96. The molecule has 7 nitrogen and oxygen atoms in total. The van der Waals surface area contributed by atoms with Gasteiger partial charge in [-0.1, -0.05) is 0 Å². The van der Waals surface area contributed by atoms with Crippen LogP contribution in [0.4, 0.5) is 0 Å². The summed E-state index contributed by atoms with van der Waals surface area (Å²) in [5.74, 6) is 2.78. The van der Waals surface area contributed by atoms with Crippen molar-refractivity contribution in [2.24, 2.45) is 0 Å². The van der Waals surface area contributed by atoms with E-state index in [1.165, 1.54) is 7.11 Å². The van der Waals surface area contributed by atoms with Gasteiger partial charge in [0, 0.05) is 17.5 Å². The van der Waals surface area contributed by atoms with Crippen molar-refractivity contribution in [3.63, 3.8) is 0 Å². The lowest BCUT2D eigenvalue weighted by Crippen LogP contribution is -2.21. The maximum atomic E-state index is 10.5. The van der Waals surface area contributed by atoms with Gasteiger partial charge in [0.25, 0.3) is 0 Å². The second kappa shape index (κ2) is 5.95. The van der Waals surface area contributed by atoms with E-state index in [1.54, 1.807) is 20.3 Å². The summed E-state index contributed by atoms with van der Waals surface area (Å²) in [6.45, 7) is 0.111. The van der Waals surface area contributed by atoms with E-state index in [1.807, 2.05) is 35.0 Å². The number of aromatic hydroxyl groups is 1. The van der Waals surface area contributed by atoms with Crippen LogP contribution in [-0.4, -0.2) is 33.2 Å². The molecule has 28 heavy (non-hydrogen) atoms. The number of fused-ring (bicyclic) bond motifs is 5. The number of hydrogen-bond donors (Lipinski definition) is 1. The molecule has 0 saturated heterocycles. The lowest BCUT2D eigenvalue weighted by atomic mass is 10.0. The molecule has 0 amide bonds. The molecule has 1 N–H and O–H groups in total. The van der Waals surface area contributed by atoms with E-state index < -0.39 is 0 Å². The van der Waals surface area contributed by atoms with E-state index in [0.717, 1.165) is 21.7 Å². The van der Waals surface area contributed by atoms with Crippen LogP contribution in [0.15, 0.2) is 36.7 Å². The monoisotopic (exact) mass is 380 g/mol. The van der Waals surface area contributed by atoms with Crippen LogP contribution in [0.5, 0.6) is 34.5 Å². The molecular formula is C21H18NO6+. The molecule has 0 aliphatic carbocycles. The minimum absolute atomic E-state index is 0.102. The Morgan fingerprint density at radius 2 is 1.68 bits per heavy atom. The average molecular weight is 380 g/mol. The molecule has 5 rings (SSSR count). The van der Waals surface area contributed by atoms with Crippen molar-refractivity contribution in [3.05, 3.63) is 36.7 Å². The first-order chi connectivity index (χ1) is 13.7. The van der Waals surface area contributed by atoms with Gasteiger partial charge < -0.3 is 28.8 Å². The Morgan fingerprint density at radius 1 is 0.929 bits per heavy atom. The number of methoxy groups -OCH3 is 3. The number of nitrogens with zero attached hydrogens (tertiary/aromatic N) is 1. The fraction of sp³-hybridized carbons (Fsp3) is 0.190. The third kappa shape index (κ3) is 2.07. The van der Waals surface area contributed by atoms with Crippen molar-refractivity contribution in [1.82, 2.24) is 0 Å². The zero-order chi connectivity index (χ0) is 19.4. The molecule has 1 aliphatic rings. The van der Waals surface area contributed by atoms with Crippen LogP contribution in [0.3, 0.4) is 0 Å².